The molecule has 1 aromatic carbocycles. The van der Waals surface area contributed by atoms with Crippen LogP contribution in [0.2, 0.25) is 0 Å². The van der Waals surface area contributed by atoms with Crippen molar-refractivity contribution < 1.29 is 10.2 Å². The molecule has 3 nitrogen and oxygen atoms in total. The monoisotopic (exact) mass is 249 g/mol. The van der Waals surface area contributed by atoms with Gasteiger partial charge in [0.1, 0.15) is 5.75 Å². The Balaban J connectivity index is 1.84. The summed E-state index contributed by atoms with van der Waals surface area (Å²) in [6.07, 6.45) is 3.63. The van der Waals surface area contributed by atoms with E-state index in [0.717, 1.165) is 13.0 Å². The van der Waals surface area contributed by atoms with Crippen LogP contribution in [0, 0.1) is 11.8 Å². The van der Waals surface area contributed by atoms with Gasteiger partial charge in [-0.1, -0.05) is 18.6 Å². The lowest BCUT2D eigenvalue weighted by Crippen LogP contribution is -2.28. The highest BCUT2D eigenvalue weighted by atomic mass is 16.3. The second kappa shape index (κ2) is 6.21. The molecule has 0 spiro atoms. The molecule has 0 amide bonds. The van der Waals surface area contributed by atoms with Gasteiger partial charge in [0.05, 0.1) is 0 Å². The van der Waals surface area contributed by atoms with Gasteiger partial charge in [0.2, 0.25) is 0 Å². The zero-order valence-corrected chi connectivity index (χ0v) is 11.0. The minimum Gasteiger partial charge on any atom is -0.508 e. The van der Waals surface area contributed by atoms with Crippen LogP contribution in [0.15, 0.2) is 24.3 Å². The summed E-state index contributed by atoms with van der Waals surface area (Å²) in [4.78, 5) is 0. The van der Waals surface area contributed by atoms with E-state index >= 15 is 0 Å². The van der Waals surface area contributed by atoms with E-state index < -0.39 is 0 Å². The summed E-state index contributed by atoms with van der Waals surface area (Å²) in [6, 6.07) is 7.63. The van der Waals surface area contributed by atoms with Gasteiger partial charge in [-0.3, -0.25) is 0 Å². The second-order valence-corrected chi connectivity index (χ2v) is 5.36. The Morgan fingerprint density at radius 2 is 1.89 bits per heavy atom. The van der Waals surface area contributed by atoms with Crippen LogP contribution < -0.4 is 5.32 Å². The molecular formula is C15H23NO2. The fourth-order valence-corrected chi connectivity index (χ4v) is 2.83. The number of aliphatic hydroxyl groups excluding tert-OH is 1. The molecule has 0 saturated heterocycles. The Bertz CT molecular complexity index is 363. The van der Waals surface area contributed by atoms with Gasteiger partial charge < -0.3 is 15.5 Å². The van der Waals surface area contributed by atoms with E-state index in [1.165, 1.54) is 18.4 Å². The van der Waals surface area contributed by atoms with E-state index in [1.54, 1.807) is 12.1 Å². The number of hydrogen-bond donors (Lipinski definition) is 3. The number of aromatic hydroxyl groups is 1. The lowest BCUT2D eigenvalue weighted by Gasteiger charge is -2.21. The van der Waals surface area contributed by atoms with Crippen molar-refractivity contribution in [1.82, 2.24) is 5.32 Å². The van der Waals surface area contributed by atoms with Crippen LogP contribution in [0.1, 0.15) is 37.8 Å². The first-order valence-electron chi connectivity index (χ1n) is 6.84. The molecule has 0 aromatic heterocycles. The van der Waals surface area contributed by atoms with Crippen LogP contribution in [0.4, 0.5) is 0 Å². The molecule has 2 rings (SSSR count). The third kappa shape index (κ3) is 3.24. The van der Waals surface area contributed by atoms with Crippen LogP contribution in [0.5, 0.6) is 5.75 Å². The van der Waals surface area contributed by atoms with Crippen LogP contribution in [-0.2, 0) is 0 Å². The quantitative estimate of drug-likeness (QED) is 0.751. The van der Waals surface area contributed by atoms with Crippen molar-refractivity contribution in [2.75, 3.05) is 13.2 Å². The Kier molecular flexibility index (Phi) is 4.61. The van der Waals surface area contributed by atoms with Gasteiger partial charge in [0.25, 0.3) is 0 Å². The Hall–Kier alpha value is -1.06. The van der Waals surface area contributed by atoms with E-state index in [0.29, 0.717) is 24.2 Å². The SMILES string of the molecule is CC(NCC1CCCC1CO)c1ccc(O)cc1. The van der Waals surface area contributed by atoms with Crippen molar-refractivity contribution in [2.45, 2.75) is 32.2 Å². The van der Waals surface area contributed by atoms with Gasteiger partial charge in [-0.25, -0.2) is 0 Å². The van der Waals surface area contributed by atoms with E-state index in [9.17, 15) is 10.2 Å². The molecule has 3 atom stereocenters. The molecule has 1 fully saturated rings. The average Bonchev–Trinajstić information content (AvgIpc) is 2.84. The molecule has 0 bridgehead atoms. The number of benzene rings is 1. The molecule has 1 aliphatic carbocycles. The maximum atomic E-state index is 9.29. The molecule has 0 aliphatic heterocycles. The van der Waals surface area contributed by atoms with Crippen LogP contribution in [0.25, 0.3) is 0 Å². The number of phenolic OH excluding ortho intramolecular Hbond substituents is 1. The van der Waals surface area contributed by atoms with Crippen LogP contribution in [0.3, 0.4) is 0 Å². The van der Waals surface area contributed by atoms with Gasteiger partial charge in [-0.05, 0) is 55.8 Å². The highest BCUT2D eigenvalue weighted by Gasteiger charge is 2.26. The van der Waals surface area contributed by atoms with E-state index in [4.69, 9.17) is 0 Å². The first-order chi connectivity index (χ1) is 8.70. The highest BCUT2D eigenvalue weighted by molar-refractivity contribution is 5.27. The summed E-state index contributed by atoms with van der Waals surface area (Å²) in [5.74, 6) is 1.39. The molecule has 0 radical (unpaired) electrons. The topological polar surface area (TPSA) is 52.5 Å². The molecule has 18 heavy (non-hydrogen) atoms. The third-order valence-corrected chi connectivity index (χ3v) is 4.13. The van der Waals surface area contributed by atoms with Crippen molar-refractivity contribution in [1.29, 1.82) is 0 Å². The Labute approximate surface area is 109 Å². The Morgan fingerprint density at radius 1 is 1.22 bits per heavy atom. The fraction of sp³-hybridized carbons (Fsp3) is 0.600. The van der Waals surface area contributed by atoms with Gasteiger partial charge in [0, 0.05) is 12.6 Å². The number of hydrogen-bond acceptors (Lipinski definition) is 3. The molecule has 3 N–H and O–H groups in total. The molecule has 3 unspecified atom stereocenters. The molecule has 0 heterocycles. The average molecular weight is 249 g/mol. The largest absolute Gasteiger partial charge is 0.508 e. The minimum atomic E-state index is 0.283. The second-order valence-electron chi connectivity index (χ2n) is 5.36. The summed E-state index contributed by atoms with van der Waals surface area (Å²) >= 11 is 0. The van der Waals surface area contributed by atoms with E-state index in [-0.39, 0.29) is 6.04 Å². The van der Waals surface area contributed by atoms with Crippen molar-refractivity contribution in [2.24, 2.45) is 11.8 Å². The lowest BCUT2D eigenvalue weighted by molar-refractivity contribution is 0.190. The number of rotatable bonds is 5. The summed E-state index contributed by atoms with van der Waals surface area (Å²) in [5.41, 5.74) is 1.19. The molecule has 1 aromatic rings. The maximum absolute atomic E-state index is 9.29. The minimum absolute atomic E-state index is 0.283. The number of phenols is 1. The zero-order chi connectivity index (χ0) is 13.0. The predicted molar refractivity (Wildman–Crippen MR) is 72.4 cm³/mol. The molecule has 1 aliphatic rings. The molecular weight excluding hydrogens is 226 g/mol. The van der Waals surface area contributed by atoms with Crippen LogP contribution >= 0.6 is 0 Å². The van der Waals surface area contributed by atoms with Crippen LogP contribution in [-0.4, -0.2) is 23.4 Å². The fourth-order valence-electron chi connectivity index (χ4n) is 2.83. The first-order valence-corrected chi connectivity index (χ1v) is 6.84. The normalized spacial score (nSPS) is 25.2. The van der Waals surface area contributed by atoms with Crippen molar-refractivity contribution in [3.05, 3.63) is 29.8 Å². The smallest absolute Gasteiger partial charge is 0.115 e. The third-order valence-electron chi connectivity index (χ3n) is 4.13. The van der Waals surface area contributed by atoms with Gasteiger partial charge in [0.15, 0.2) is 0 Å². The summed E-state index contributed by atoms with van der Waals surface area (Å²) < 4.78 is 0. The summed E-state index contributed by atoms with van der Waals surface area (Å²) in [5, 5.41) is 22.1. The number of nitrogens with one attached hydrogen (secondary N) is 1. The Morgan fingerprint density at radius 3 is 2.56 bits per heavy atom. The van der Waals surface area contributed by atoms with Crippen molar-refractivity contribution in [3.63, 3.8) is 0 Å². The molecule has 100 valence electrons. The zero-order valence-electron chi connectivity index (χ0n) is 11.0. The highest BCUT2D eigenvalue weighted by Crippen LogP contribution is 2.31. The first kappa shape index (κ1) is 13.4. The van der Waals surface area contributed by atoms with E-state index in [1.807, 2.05) is 12.1 Å². The van der Waals surface area contributed by atoms with Crippen molar-refractivity contribution in [3.8, 4) is 5.75 Å². The number of aliphatic hydroxyl groups is 1. The summed E-state index contributed by atoms with van der Waals surface area (Å²) in [6.45, 7) is 3.42. The van der Waals surface area contributed by atoms with Crippen molar-refractivity contribution >= 4 is 0 Å². The predicted octanol–water partition coefficient (Wildman–Crippen LogP) is 2.45. The van der Waals surface area contributed by atoms with Gasteiger partial charge in [-0.2, -0.15) is 0 Å². The maximum Gasteiger partial charge on any atom is 0.115 e. The standard InChI is InChI=1S/C15H23NO2/c1-11(12-5-7-15(18)8-6-12)16-9-13-3-2-4-14(13)10-17/h5-8,11,13-14,16-18H,2-4,9-10H2,1H3. The van der Waals surface area contributed by atoms with Gasteiger partial charge in [-0.15, -0.1) is 0 Å². The molecule has 1 saturated carbocycles. The van der Waals surface area contributed by atoms with E-state index in [2.05, 4.69) is 12.2 Å². The lowest BCUT2D eigenvalue weighted by atomic mass is 9.96. The van der Waals surface area contributed by atoms with Gasteiger partial charge >= 0.3 is 0 Å². The molecule has 3 heteroatoms. The summed E-state index contributed by atoms with van der Waals surface area (Å²) in [7, 11) is 0.